The van der Waals surface area contributed by atoms with Crippen LogP contribution in [0.2, 0.25) is 0 Å². The molecule has 1 amide bonds. The third kappa shape index (κ3) is 5.86. The van der Waals surface area contributed by atoms with Gasteiger partial charge in [-0.3, -0.25) is 4.79 Å². The zero-order valence-electron chi connectivity index (χ0n) is 16.9. The molecular formula is C21H22Br2N4O2S. The molecule has 0 radical (unpaired) electrons. The average molecular weight is 554 g/mol. The van der Waals surface area contributed by atoms with Gasteiger partial charge in [-0.1, -0.05) is 46.7 Å². The summed E-state index contributed by atoms with van der Waals surface area (Å²) in [5.74, 6) is 1.59. The summed E-state index contributed by atoms with van der Waals surface area (Å²) in [5.41, 5.74) is 1.98. The molecule has 1 N–H and O–H groups in total. The molecule has 0 saturated heterocycles. The first-order valence-corrected chi connectivity index (χ1v) is 12.0. The quantitative estimate of drug-likeness (QED) is 0.358. The van der Waals surface area contributed by atoms with Gasteiger partial charge < -0.3 is 14.6 Å². The third-order valence-corrected chi connectivity index (χ3v) is 6.62. The van der Waals surface area contributed by atoms with Crippen molar-refractivity contribution in [1.82, 2.24) is 14.8 Å². The van der Waals surface area contributed by atoms with Gasteiger partial charge in [0.15, 0.2) is 17.1 Å². The number of hydrogen-bond donors (Lipinski definition) is 1. The number of nitrogens with zero attached hydrogens (tertiary/aromatic N) is 3. The summed E-state index contributed by atoms with van der Waals surface area (Å²) in [7, 11) is 1.88. The maximum absolute atomic E-state index is 12.3. The maximum atomic E-state index is 12.3. The molecule has 0 saturated carbocycles. The van der Waals surface area contributed by atoms with E-state index in [9.17, 15) is 4.79 Å². The molecule has 2 aromatic carbocycles. The van der Waals surface area contributed by atoms with Crippen LogP contribution in [0.4, 0.5) is 5.69 Å². The van der Waals surface area contributed by atoms with Crippen molar-refractivity contribution in [3.05, 3.63) is 62.8 Å². The highest BCUT2D eigenvalue weighted by atomic mass is 79.9. The number of amides is 1. The van der Waals surface area contributed by atoms with Gasteiger partial charge in [-0.2, -0.15) is 0 Å². The van der Waals surface area contributed by atoms with Crippen LogP contribution in [0.25, 0.3) is 0 Å². The van der Waals surface area contributed by atoms with Crippen molar-refractivity contribution >= 4 is 55.2 Å². The van der Waals surface area contributed by atoms with Crippen LogP contribution < -0.4 is 10.1 Å². The van der Waals surface area contributed by atoms with E-state index >= 15 is 0 Å². The lowest BCUT2D eigenvalue weighted by Gasteiger charge is -2.14. The van der Waals surface area contributed by atoms with Gasteiger partial charge in [0, 0.05) is 16.0 Å². The fourth-order valence-electron chi connectivity index (χ4n) is 2.78. The topological polar surface area (TPSA) is 69.0 Å². The number of nitrogens with one attached hydrogen (secondary N) is 1. The van der Waals surface area contributed by atoms with Crippen LogP contribution in [-0.2, 0) is 18.3 Å². The standard InChI is InChI=1S/C21H22Br2N4O2S/c1-4-14-5-8-16(9-6-14)29-13(2)20-25-26-21(27(20)3)30-12-19(28)24-18-11-15(22)7-10-17(18)23/h5-11,13H,4,12H2,1-3H3,(H,24,28)/t13-/m0/s1. The van der Waals surface area contributed by atoms with Gasteiger partial charge >= 0.3 is 0 Å². The van der Waals surface area contributed by atoms with Crippen molar-refractivity contribution in [1.29, 1.82) is 0 Å². The second kappa shape index (κ2) is 10.5. The molecule has 0 fully saturated rings. The molecule has 0 aliphatic heterocycles. The number of ether oxygens (including phenoxy) is 1. The number of rotatable bonds is 8. The van der Waals surface area contributed by atoms with Crippen LogP contribution in [0.3, 0.4) is 0 Å². The molecule has 30 heavy (non-hydrogen) atoms. The van der Waals surface area contributed by atoms with E-state index in [0.29, 0.717) is 16.7 Å². The predicted molar refractivity (Wildman–Crippen MR) is 127 cm³/mol. The predicted octanol–water partition coefficient (Wildman–Crippen LogP) is 5.77. The van der Waals surface area contributed by atoms with Crippen molar-refractivity contribution in [3.63, 3.8) is 0 Å². The van der Waals surface area contributed by atoms with E-state index in [4.69, 9.17) is 4.74 Å². The SMILES string of the molecule is CCc1ccc(O[C@@H](C)c2nnc(SCC(=O)Nc3cc(Br)ccc3Br)n2C)cc1. The number of anilines is 1. The second-order valence-electron chi connectivity index (χ2n) is 6.62. The Labute approximate surface area is 197 Å². The first-order valence-electron chi connectivity index (χ1n) is 9.40. The van der Waals surface area contributed by atoms with E-state index in [-0.39, 0.29) is 17.8 Å². The molecule has 0 spiro atoms. The summed E-state index contributed by atoms with van der Waals surface area (Å²) in [4.78, 5) is 12.3. The molecule has 1 heterocycles. The van der Waals surface area contributed by atoms with Crippen molar-refractivity contribution in [2.75, 3.05) is 11.1 Å². The molecule has 3 aromatic rings. The van der Waals surface area contributed by atoms with Crippen molar-refractivity contribution in [2.24, 2.45) is 7.05 Å². The zero-order valence-corrected chi connectivity index (χ0v) is 20.8. The summed E-state index contributed by atoms with van der Waals surface area (Å²) in [5, 5.41) is 12.0. The molecule has 1 aromatic heterocycles. The molecule has 0 aliphatic carbocycles. The number of benzene rings is 2. The molecule has 0 unspecified atom stereocenters. The van der Waals surface area contributed by atoms with Crippen molar-refractivity contribution < 1.29 is 9.53 Å². The Morgan fingerprint density at radius 3 is 2.63 bits per heavy atom. The monoisotopic (exact) mass is 552 g/mol. The first-order chi connectivity index (χ1) is 14.4. The number of aromatic nitrogens is 3. The minimum Gasteiger partial charge on any atom is -0.483 e. The van der Waals surface area contributed by atoms with Gasteiger partial charge in [0.05, 0.1) is 11.4 Å². The molecule has 3 rings (SSSR count). The lowest BCUT2D eigenvalue weighted by Crippen LogP contribution is -2.15. The largest absolute Gasteiger partial charge is 0.483 e. The highest BCUT2D eigenvalue weighted by molar-refractivity contribution is 9.11. The molecule has 158 valence electrons. The molecule has 6 nitrogen and oxygen atoms in total. The van der Waals surface area contributed by atoms with Crippen LogP contribution in [0.15, 0.2) is 56.6 Å². The summed E-state index contributed by atoms with van der Waals surface area (Å²) < 4.78 is 9.58. The number of hydrogen-bond acceptors (Lipinski definition) is 5. The fraction of sp³-hybridized carbons (Fsp3) is 0.286. The molecular weight excluding hydrogens is 532 g/mol. The summed E-state index contributed by atoms with van der Waals surface area (Å²) in [6.07, 6.45) is 0.724. The van der Waals surface area contributed by atoms with E-state index in [0.717, 1.165) is 21.1 Å². The van der Waals surface area contributed by atoms with Gasteiger partial charge in [0.1, 0.15) is 5.75 Å². The number of thioether (sulfide) groups is 1. The van der Waals surface area contributed by atoms with Gasteiger partial charge in [0.25, 0.3) is 0 Å². The Balaban J connectivity index is 1.59. The van der Waals surface area contributed by atoms with E-state index in [2.05, 4.69) is 66.4 Å². The van der Waals surface area contributed by atoms with Crippen LogP contribution in [0.5, 0.6) is 5.75 Å². The number of carbonyl (C=O) groups is 1. The number of carbonyl (C=O) groups excluding carboxylic acids is 1. The average Bonchev–Trinajstić information content (AvgIpc) is 3.10. The van der Waals surface area contributed by atoms with Crippen molar-refractivity contribution in [3.8, 4) is 5.75 Å². The number of halogens is 2. The summed E-state index contributed by atoms with van der Waals surface area (Å²) in [6, 6.07) is 13.7. The normalized spacial score (nSPS) is 11.9. The minimum atomic E-state index is -0.268. The molecule has 1 atom stereocenters. The Kier molecular flexibility index (Phi) is 7.96. The molecule has 0 bridgehead atoms. The zero-order chi connectivity index (χ0) is 21.7. The van der Waals surface area contributed by atoms with Gasteiger partial charge in [-0.15, -0.1) is 10.2 Å². The number of aryl methyl sites for hydroxylation is 1. The lowest BCUT2D eigenvalue weighted by atomic mass is 10.2. The van der Waals surface area contributed by atoms with Gasteiger partial charge in [-0.05, 0) is 65.2 Å². The van der Waals surface area contributed by atoms with Crippen LogP contribution in [0.1, 0.15) is 31.3 Å². The van der Waals surface area contributed by atoms with E-state index in [1.165, 1.54) is 17.3 Å². The molecule has 9 heteroatoms. The Hall–Kier alpha value is -1.84. The highest BCUT2D eigenvalue weighted by Crippen LogP contribution is 2.27. The van der Waals surface area contributed by atoms with E-state index in [1.807, 2.05) is 48.9 Å². The fourth-order valence-corrected chi connectivity index (χ4v) is 4.20. The maximum Gasteiger partial charge on any atom is 0.234 e. The van der Waals surface area contributed by atoms with E-state index < -0.39 is 0 Å². The Bertz CT molecular complexity index is 1020. The van der Waals surface area contributed by atoms with Crippen LogP contribution >= 0.6 is 43.6 Å². The summed E-state index contributed by atoms with van der Waals surface area (Å²) in [6.45, 7) is 4.05. The lowest BCUT2D eigenvalue weighted by molar-refractivity contribution is -0.113. The molecule has 0 aliphatic rings. The van der Waals surface area contributed by atoms with Gasteiger partial charge in [-0.25, -0.2) is 0 Å². The van der Waals surface area contributed by atoms with Gasteiger partial charge in [0.2, 0.25) is 5.91 Å². The summed E-state index contributed by atoms with van der Waals surface area (Å²) >= 11 is 8.17. The first kappa shape index (κ1) is 22.8. The second-order valence-corrected chi connectivity index (χ2v) is 9.33. The minimum absolute atomic E-state index is 0.122. The Morgan fingerprint density at radius 1 is 1.20 bits per heavy atom. The third-order valence-electron chi connectivity index (χ3n) is 4.41. The van der Waals surface area contributed by atoms with Crippen LogP contribution in [0, 0.1) is 0 Å². The van der Waals surface area contributed by atoms with Crippen LogP contribution in [-0.4, -0.2) is 26.4 Å². The Morgan fingerprint density at radius 2 is 1.93 bits per heavy atom. The van der Waals surface area contributed by atoms with Crippen molar-refractivity contribution in [2.45, 2.75) is 31.5 Å². The smallest absolute Gasteiger partial charge is 0.234 e. The van der Waals surface area contributed by atoms with E-state index in [1.54, 1.807) is 0 Å². The highest BCUT2D eigenvalue weighted by Gasteiger charge is 2.18.